The van der Waals surface area contributed by atoms with Gasteiger partial charge in [0.05, 0.1) is 19.3 Å². The lowest BCUT2D eigenvalue weighted by molar-refractivity contribution is 0.305. The molecule has 0 saturated heterocycles. The van der Waals surface area contributed by atoms with Crippen molar-refractivity contribution in [2.45, 2.75) is 37.7 Å². The highest BCUT2D eigenvalue weighted by Gasteiger charge is 2.04. The van der Waals surface area contributed by atoms with Gasteiger partial charge in [0.25, 0.3) is 0 Å². The van der Waals surface area contributed by atoms with Gasteiger partial charge in [-0.05, 0) is 24.1 Å². The van der Waals surface area contributed by atoms with Gasteiger partial charge < -0.3 is 9.84 Å². The fourth-order valence-electron chi connectivity index (χ4n) is 1.51. The third-order valence-corrected chi connectivity index (χ3v) is 4.24. The Kier molecular flexibility index (Phi) is 7.47. The Bertz CT molecular complexity index is 446. The molecule has 1 atom stereocenters. The van der Waals surface area contributed by atoms with Gasteiger partial charge in [-0.15, -0.1) is 0 Å². The van der Waals surface area contributed by atoms with Crippen molar-refractivity contribution in [3.05, 3.63) is 29.3 Å². The molecule has 0 radical (unpaired) electrons. The standard InChI is InChI=1S/C16H22O2S/c1-4-13(2)19-12-14-8-9-16(18-3)15(11-14)7-5-6-10-17/h8-9,11,13,17H,4,6,10,12H2,1-3H3. The van der Waals surface area contributed by atoms with Crippen molar-refractivity contribution < 1.29 is 9.84 Å². The molecule has 0 aromatic heterocycles. The molecular formula is C16H22O2S. The Morgan fingerprint density at radius 1 is 1.42 bits per heavy atom. The van der Waals surface area contributed by atoms with Crippen LogP contribution in [0, 0.1) is 11.8 Å². The van der Waals surface area contributed by atoms with Gasteiger partial charge in [0.15, 0.2) is 0 Å². The van der Waals surface area contributed by atoms with Crippen LogP contribution in [0.1, 0.15) is 37.8 Å². The van der Waals surface area contributed by atoms with E-state index in [1.807, 2.05) is 17.8 Å². The molecule has 0 saturated carbocycles. The first kappa shape index (κ1) is 15.9. The Balaban J connectivity index is 2.80. The van der Waals surface area contributed by atoms with E-state index >= 15 is 0 Å². The molecule has 0 aliphatic carbocycles. The van der Waals surface area contributed by atoms with Gasteiger partial charge in [0, 0.05) is 17.4 Å². The first-order valence-electron chi connectivity index (χ1n) is 6.59. The van der Waals surface area contributed by atoms with Gasteiger partial charge in [-0.1, -0.05) is 31.8 Å². The van der Waals surface area contributed by atoms with Crippen LogP contribution in [-0.4, -0.2) is 24.1 Å². The summed E-state index contributed by atoms with van der Waals surface area (Å²) in [5.74, 6) is 7.79. The van der Waals surface area contributed by atoms with Gasteiger partial charge in [0.2, 0.25) is 0 Å². The van der Waals surface area contributed by atoms with Crippen LogP contribution in [0.2, 0.25) is 0 Å². The number of aliphatic hydroxyl groups excluding tert-OH is 1. The van der Waals surface area contributed by atoms with Gasteiger partial charge >= 0.3 is 0 Å². The van der Waals surface area contributed by atoms with Crippen LogP contribution >= 0.6 is 11.8 Å². The zero-order valence-electron chi connectivity index (χ0n) is 11.9. The maximum Gasteiger partial charge on any atom is 0.134 e. The number of hydrogen-bond donors (Lipinski definition) is 1. The third-order valence-electron chi connectivity index (χ3n) is 2.83. The van der Waals surface area contributed by atoms with E-state index in [-0.39, 0.29) is 6.61 Å². The van der Waals surface area contributed by atoms with Crippen molar-refractivity contribution in [1.82, 2.24) is 0 Å². The summed E-state index contributed by atoms with van der Waals surface area (Å²) in [6.07, 6.45) is 1.68. The molecule has 1 aromatic rings. The third kappa shape index (κ3) is 5.59. The average molecular weight is 278 g/mol. The summed E-state index contributed by atoms with van der Waals surface area (Å²) in [4.78, 5) is 0. The number of benzene rings is 1. The molecule has 0 aliphatic heterocycles. The van der Waals surface area contributed by atoms with E-state index in [2.05, 4.69) is 37.8 Å². The molecule has 0 heterocycles. The Hall–Kier alpha value is -1.11. The molecule has 1 rings (SSSR count). The fourth-order valence-corrected chi connectivity index (χ4v) is 2.40. The highest BCUT2D eigenvalue weighted by Crippen LogP contribution is 2.24. The lowest BCUT2D eigenvalue weighted by atomic mass is 10.1. The summed E-state index contributed by atoms with van der Waals surface area (Å²) >= 11 is 1.95. The number of methoxy groups -OCH3 is 1. The molecule has 19 heavy (non-hydrogen) atoms. The highest BCUT2D eigenvalue weighted by molar-refractivity contribution is 7.99. The Morgan fingerprint density at radius 3 is 2.84 bits per heavy atom. The Labute approximate surface area is 120 Å². The molecular weight excluding hydrogens is 256 g/mol. The maximum absolute atomic E-state index is 8.76. The topological polar surface area (TPSA) is 29.5 Å². The van der Waals surface area contributed by atoms with E-state index in [9.17, 15) is 0 Å². The van der Waals surface area contributed by atoms with E-state index in [0.717, 1.165) is 17.1 Å². The van der Waals surface area contributed by atoms with Crippen molar-refractivity contribution in [2.75, 3.05) is 13.7 Å². The first-order valence-corrected chi connectivity index (χ1v) is 7.64. The summed E-state index contributed by atoms with van der Waals surface area (Å²) in [5.41, 5.74) is 2.16. The number of aliphatic hydroxyl groups is 1. The van der Waals surface area contributed by atoms with E-state index in [4.69, 9.17) is 9.84 Å². The van der Waals surface area contributed by atoms with Crippen LogP contribution < -0.4 is 4.74 Å². The monoisotopic (exact) mass is 278 g/mol. The van der Waals surface area contributed by atoms with Crippen LogP contribution in [0.5, 0.6) is 5.75 Å². The van der Waals surface area contributed by atoms with E-state index in [1.165, 1.54) is 12.0 Å². The molecule has 0 spiro atoms. The van der Waals surface area contributed by atoms with Crippen molar-refractivity contribution in [3.63, 3.8) is 0 Å². The second-order valence-corrected chi connectivity index (χ2v) is 5.77. The second-order valence-electron chi connectivity index (χ2n) is 4.34. The summed E-state index contributed by atoms with van der Waals surface area (Å²) in [5, 5.41) is 9.43. The summed E-state index contributed by atoms with van der Waals surface area (Å²) < 4.78 is 5.31. The largest absolute Gasteiger partial charge is 0.495 e. The molecule has 1 unspecified atom stereocenters. The molecule has 2 nitrogen and oxygen atoms in total. The predicted molar refractivity (Wildman–Crippen MR) is 82.6 cm³/mol. The van der Waals surface area contributed by atoms with E-state index in [0.29, 0.717) is 11.7 Å². The molecule has 1 aromatic carbocycles. The van der Waals surface area contributed by atoms with Crippen molar-refractivity contribution in [3.8, 4) is 17.6 Å². The van der Waals surface area contributed by atoms with Crippen LogP contribution in [0.4, 0.5) is 0 Å². The summed E-state index contributed by atoms with van der Waals surface area (Å²) in [7, 11) is 1.65. The average Bonchev–Trinajstić information content (AvgIpc) is 2.45. The molecule has 3 heteroatoms. The summed E-state index contributed by atoms with van der Waals surface area (Å²) in [6, 6.07) is 6.14. The second kappa shape index (κ2) is 8.90. The van der Waals surface area contributed by atoms with Crippen molar-refractivity contribution in [2.24, 2.45) is 0 Å². The Morgan fingerprint density at radius 2 is 2.21 bits per heavy atom. The molecule has 104 valence electrons. The number of thioether (sulfide) groups is 1. The normalized spacial score (nSPS) is 11.6. The van der Waals surface area contributed by atoms with Gasteiger partial charge in [0.1, 0.15) is 5.75 Å². The minimum atomic E-state index is 0.0961. The smallest absolute Gasteiger partial charge is 0.134 e. The molecule has 1 N–H and O–H groups in total. The SMILES string of the molecule is CCC(C)SCc1ccc(OC)c(C#CCCO)c1. The van der Waals surface area contributed by atoms with Gasteiger partial charge in [-0.2, -0.15) is 11.8 Å². The first-order chi connectivity index (χ1) is 9.21. The predicted octanol–water partition coefficient (Wildman–Crippen LogP) is 3.46. The molecule has 0 aliphatic rings. The van der Waals surface area contributed by atoms with Gasteiger partial charge in [-0.3, -0.25) is 0 Å². The fraction of sp³-hybridized carbons (Fsp3) is 0.500. The maximum atomic E-state index is 8.76. The highest BCUT2D eigenvalue weighted by atomic mass is 32.2. The molecule has 0 fully saturated rings. The zero-order valence-corrected chi connectivity index (χ0v) is 12.7. The van der Waals surface area contributed by atoms with Crippen LogP contribution in [0.15, 0.2) is 18.2 Å². The number of ether oxygens (including phenoxy) is 1. The minimum Gasteiger partial charge on any atom is -0.495 e. The molecule has 0 amide bonds. The quantitative estimate of drug-likeness (QED) is 0.808. The van der Waals surface area contributed by atoms with Crippen LogP contribution in [-0.2, 0) is 5.75 Å². The van der Waals surface area contributed by atoms with Crippen LogP contribution in [0.25, 0.3) is 0 Å². The number of rotatable bonds is 6. The lowest BCUT2D eigenvalue weighted by Crippen LogP contribution is -1.95. The number of hydrogen-bond acceptors (Lipinski definition) is 3. The minimum absolute atomic E-state index is 0.0961. The van der Waals surface area contributed by atoms with Gasteiger partial charge in [-0.25, -0.2) is 0 Å². The van der Waals surface area contributed by atoms with Crippen molar-refractivity contribution in [1.29, 1.82) is 0 Å². The van der Waals surface area contributed by atoms with E-state index in [1.54, 1.807) is 7.11 Å². The van der Waals surface area contributed by atoms with Crippen LogP contribution in [0.3, 0.4) is 0 Å². The molecule has 0 bridgehead atoms. The van der Waals surface area contributed by atoms with Crippen molar-refractivity contribution >= 4 is 11.8 Å². The van der Waals surface area contributed by atoms with E-state index < -0.39 is 0 Å². The zero-order chi connectivity index (χ0) is 14.1. The lowest BCUT2D eigenvalue weighted by Gasteiger charge is -2.10. The summed E-state index contributed by atoms with van der Waals surface area (Å²) in [6.45, 7) is 4.55.